The minimum atomic E-state index is -3.99. The van der Waals surface area contributed by atoms with Gasteiger partial charge in [-0.3, -0.25) is 9.35 Å². The van der Waals surface area contributed by atoms with Crippen molar-refractivity contribution < 1.29 is 17.8 Å². The van der Waals surface area contributed by atoms with Crippen molar-refractivity contribution in [2.75, 3.05) is 12.3 Å². The van der Waals surface area contributed by atoms with Gasteiger partial charge in [-0.25, -0.2) is 0 Å². The smallest absolute Gasteiger partial charge is 0.266 e. The average molecular weight is 390 g/mol. The minimum Gasteiger partial charge on any atom is -0.355 e. The van der Waals surface area contributed by atoms with E-state index in [1.807, 2.05) is 0 Å². The molecule has 0 aromatic heterocycles. The van der Waals surface area contributed by atoms with Gasteiger partial charge in [-0.1, -0.05) is 70.4 Å². The second-order valence-electron chi connectivity index (χ2n) is 6.97. The molecule has 5 nitrogen and oxygen atoms in total. The minimum absolute atomic E-state index is 0.0286. The van der Waals surface area contributed by atoms with Crippen LogP contribution in [0.15, 0.2) is 12.2 Å². The van der Waals surface area contributed by atoms with Crippen LogP contribution >= 0.6 is 0 Å². The van der Waals surface area contributed by atoms with Crippen LogP contribution in [0.4, 0.5) is 0 Å². The molecule has 154 valence electrons. The Balaban J connectivity index is 3.29. The number of amides is 1. The highest BCUT2D eigenvalue weighted by Gasteiger charge is 2.05. The first kappa shape index (κ1) is 25.1. The number of carbonyl (C=O) groups excluding carboxylic acids is 1. The molecule has 0 aliphatic rings. The van der Waals surface area contributed by atoms with Gasteiger partial charge >= 0.3 is 0 Å². The summed E-state index contributed by atoms with van der Waals surface area (Å²) in [7, 11) is -3.99. The summed E-state index contributed by atoms with van der Waals surface area (Å²) < 4.78 is 29.6. The van der Waals surface area contributed by atoms with E-state index in [1.54, 1.807) is 0 Å². The maximum atomic E-state index is 11.5. The summed E-state index contributed by atoms with van der Waals surface area (Å²) in [5.41, 5.74) is 0. The van der Waals surface area contributed by atoms with Crippen molar-refractivity contribution in [2.24, 2.45) is 0 Å². The maximum Gasteiger partial charge on any atom is 0.266 e. The average Bonchev–Trinajstić information content (AvgIpc) is 2.57. The van der Waals surface area contributed by atoms with E-state index in [9.17, 15) is 13.2 Å². The summed E-state index contributed by atoms with van der Waals surface area (Å²) in [6.45, 7) is 2.22. The fraction of sp³-hybridized carbons (Fsp3) is 0.850. The Hall–Kier alpha value is -0.880. The fourth-order valence-corrected chi connectivity index (χ4v) is 3.12. The molecule has 0 aromatic carbocycles. The predicted molar refractivity (Wildman–Crippen MR) is 109 cm³/mol. The number of allylic oxidation sites excluding steroid dienone is 2. The third kappa shape index (κ3) is 21.2. The lowest BCUT2D eigenvalue weighted by Gasteiger charge is -2.03. The van der Waals surface area contributed by atoms with E-state index in [4.69, 9.17) is 4.55 Å². The zero-order valence-corrected chi connectivity index (χ0v) is 17.4. The van der Waals surface area contributed by atoms with Gasteiger partial charge in [0.25, 0.3) is 10.1 Å². The van der Waals surface area contributed by atoms with Gasteiger partial charge < -0.3 is 5.32 Å². The van der Waals surface area contributed by atoms with E-state index >= 15 is 0 Å². The second kappa shape index (κ2) is 17.5. The molecule has 0 spiro atoms. The first-order valence-corrected chi connectivity index (χ1v) is 11.9. The molecule has 0 fully saturated rings. The van der Waals surface area contributed by atoms with Crippen molar-refractivity contribution in [3.05, 3.63) is 12.2 Å². The van der Waals surface area contributed by atoms with E-state index in [2.05, 4.69) is 24.4 Å². The van der Waals surface area contributed by atoms with Crippen LogP contribution in [-0.2, 0) is 14.9 Å². The number of rotatable bonds is 18. The van der Waals surface area contributed by atoms with Gasteiger partial charge in [-0.05, 0) is 32.1 Å². The molecule has 6 heteroatoms. The number of nitrogens with one attached hydrogen (secondary N) is 1. The Bertz CT molecular complexity index is 460. The highest BCUT2D eigenvalue weighted by Crippen LogP contribution is 2.10. The molecule has 0 bridgehead atoms. The van der Waals surface area contributed by atoms with Crippen molar-refractivity contribution in [2.45, 2.75) is 96.8 Å². The van der Waals surface area contributed by atoms with Gasteiger partial charge in [-0.2, -0.15) is 8.42 Å². The van der Waals surface area contributed by atoms with Crippen molar-refractivity contribution >= 4 is 16.0 Å². The third-order valence-electron chi connectivity index (χ3n) is 4.35. The molecule has 0 aliphatic heterocycles. The van der Waals surface area contributed by atoms with E-state index in [-0.39, 0.29) is 12.5 Å². The standard InChI is InChI=1S/C20H39NO4S/c1-2-3-4-5-6-7-8-9-10-11-12-13-14-15-16-17-20(22)21-18-19-26(23,24)25/h11-12H,2-10,13-19H2,1H3,(H,21,22)(H,23,24,25). The summed E-state index contributed by atoms with van der Waals surface area (Å²) >= 11 is 0. The Morgan fingerprint density at radius 1 is 0.846 bits per heavy atom. The highest BCUT2D eigenvalue weighted by atomic mass is 32.2. The van der Waals surface area contributed by atoms with Crippen LogP contribution in [0, 0.1) is 0 Å². The molecule has 0 rings (SSSR count). The van der Waals surface area contributed by atoms with Gasteiger partial charge in [0.2, 0.25) is 5.91 Å². The molecule has 0 saturated carbocycles. The van der Waals surface area contributed by atoms with Gasteiger partial charge in [0.15, 0.2) is 0 Å². The Morgan fingerprint density at radius 3 is 1.88 bits per heavy atom. The lowest BCUT2D eigenvalue weighted by Crippen LogP contribution is -2.28. The lowest BCUT2D eigenvalue weighted by molar-refractivity contribution is -0.121. The number of carbonyl (C=O) groups is 1. The summed E-state index contributed by atoms with van der Waals surface area (Å²) in [4.78, 5) is 11.5. The van der Waals surface area contributed by atoms with Gasteiger partial charge in [-0.15, -0.1) is 0 Å². The van der Waals surface area contributed by atoms with Crippen LogP contribution < -0.4 is 5.32 Å². The maximum absolute atomic E-state index is 11.5. The number of hydrogen-bond donors (Lipinski definition) is 2. The van der Waals surface area contributed by atoms with Crippen LogP contribution in [0.5, 0.6) is 0 Å². The topological polar surface area (TPSA) is 83.5 Å². The van der Waals surface area contributed by atoms with Crippen LogP contribution in [0.3, 0.4) is 0 Å². The fourth-order valence-electron chi connectivity index (χ4n) is 2.76. The van der Waals surface area contributed by atoms with Gasteiger partial charge in [0.1, 0.15) is 0 Å². The Labute approximate surface area is 160 Å². The van der Waals surface area contributed by atoms with Gasteiger partial charge in [0, 0.05) is 13.0 Å². The normalized spacial score (nSPS) is 11.9. The van der Waals surface area contributed by atoms with E-state index in [0.29, 0.717) is 6.42 Å². The monoisotopic (exact) mass is 389 g/mol. The summed E-state index contributed by atoms with van der Waals surface area (Å²) in [5.74, 6) is -0.582. The molecule has 0 heterocycles. The highest BCUT2D eigenvalue weighted by molar-refractivity contribution is 7.85. The molecule has 0 aromatic rings. The molecule has 0 aliphatic carbocycles. The lowest BCUT2D eigenvalue weighted by atomic mass is 10.1. The number of hydrogen-bond acceptors (Lipinski definition) is 3. The predicted octanol–water partition coefficient (Wildman–Crippen LogP) is 5.03. The van der Waals surface area contributed by atoms with Crippen LogP contribution in [0.25, 0.3) is 0 Å². The first-order valence-electron chi connectivity index (χ1n) is 10.3. The summed E-state index contributed by atoms with van der Waals surface area (Å²) in [6.07, 6.45) is 20.9. The van der Waals surface area contributed by atoms with Crippen LogP contribution in [0.1, 0.15) is 96.8 Å². The second-order valence-corrected chi connectivity index (χ2v) is 8.54. The SMILES string of the molecule is CCCCCCCCCCC=CCCCCCC(=O)NCCS(=O)(=O)O. The molecular formula is C20H39NO4S. The number of unbranched alkanes of at least 4 members (excludes halogenated alkanes) is 11. The van der Waals surface area contributed by atoms with Crippen molar-refractivity contribution in [3.8, 4) is 0 Å². The van der Waals surface area contributed by atoms with Crippen molar-refractivity contribution in [1.29, 1.82) is 0 Å². The molecule has 1 amide bonds. The molecule has 26 heavy (non-hydrogen) atoms. The van der Waals surface area contributed by atoms with Crippen molar-refractivity contribution in [1.82, 2.24) is 5.32 Å². The largest absolute Gasteiger partial charge is 0.355 e. The zero-order chi connectivity index (χ0) is 19.5. The quantitative estimate of drug-likeness (QED) is 0.196. The molecule has 0 radical (unpaired) electrons. The molecular weight excluding hydrogens is 350 g/mol. The third-order valence-corrected chi connectivity index (χ3v) is 5.07. The van der Waals surface area contributed by atoms with Crippen LogP contribution in [0.2, 0.25) is 0 Å². The Kier molecular flexibility index (Phi) is 16.9. The van der Waals surface area contributed by atoms with Crippen molar-refractivity contribution in [3.63, 3.8) is 0 Å². The van der Waals surface area contributed by atoms with E-state index in [0.717, 1.165) is 25.7 Å². The Morgan fingerprint density at radius 2 is 1.35 bits per heavy atom. The first-order chi connectivity index (χ1) is 12.5. The van der Waals surface area contributed by atoms with E-state index in [1.165, 1.54) is 57.8 Å². The molecule has 0 unspecified atom stereocenters. The molecule has 2 N–H and O–H groups in total. The summed E-state index contributed by atoms with van der Waals surface area (Å²) in [6, 6.07) is 0. The summed E-state index contributed by atoms with van der Waals surface area (Å²) in [5, 5.41) is 2.50. The van der Waals surface area contributed by atoms with E-state index < -0.39 is 15.9 Å². The zero-order valence-electron chi connectivity index (χ0n) is 16.5. The van der Waals surface area contributed by atoms with Gasteiger partial charge in [0.05, 0.1) is 5.75 Å². The van der Waals surface area contributed by atoms with Crippen LogP contribution in [-0.4, -0.2) is 31.2 Å². The molecule has 0 atom stereocenters. The molecule has 0 saturated heterocycles.